The lowest BCUT2D eigenvalue weighted by atomic mass is 10.0. The lowest BCUT2D eigenvalue weighted by Gasteiger charge is -2.14. The summed E-state index contributed by atoms with van der Waals surface area (Å²) in [6.45, 7) is 8.30. The van der Waals surface area contributed by atoms with Gasteiger partial charge in [-0.15, -0.1) is 10.2 Å². The minimum Gasteiger partial charge on any atom is -0.485 e. The fraction of sp³-hybridized carbons (Fsp3) is 0.438. The van der Waals surface area contributed by atoms with E-state index in [-0.39, 0.29) is 11.9 Å². The second-order valence-corrected chi connectivity index (χ2v) is 6.95. The van der Waals surface area contributed by atoms with Gasteiger partial charge < -0.3 is 10.6 Å². The van der Waals surface area contributed by atoms with Crippen molar-refractivity contribution < 1.29 is 4.74 Å². The molecule has 1 heterocycles. The molecular weight excluding hydrogens is 310 g/mol. The number of nitriles is 1. The van der Waals surface area contributed by atoms with E-state index in [2.05, 4.69) is 42.2 Å². The van der Waals surface area contributed by atoms with Crippen molar-refractivity contribution in [3.63, 3.8) is 0 Å². The quantitative estimate of drug-likeness (QED) is 0.646. The van der Waals surface area contributed by atoms with E-state index in [0.717, 1.165) is 16.9 Å². The van der Waals surface area contributed by atoms with Crippen LogP contribution in [0, 0.1) is 18.3 Å². The lowest BCUT2D eigenvalue weighted by molar-refractivity contribution is 0.287. The van der Waals surface area contributed by atoms with Crippen molar-refractivity contribution in [3.05, 3.63) is 35.2 Å². The van der Waals surface area contributed by atoms with Crippen molar-refractivity contribution in [2.75, 3.05) is 5.84 Å². The number of hydrogen-bond donors (Lipinski definition) is 1. The molecular formula is C16H21N5OS. The maximum atomic E-state index is 8.86. The first kappa shape index (κ1) is 17.2. The average molecular weight is 331 g/mol. The molecule has 23 heavy (non-hydrogen) atoms. The van der Waals surface area contributed by atoms with Crippen LogP contribution >= 0.6 is 11.8 Å². The molecule has 0 aliphatic carbocycles. The highest BCUT2D eigenvalue weighted by molar-refractivity contribution is 8.00. The van der Waals surface area contributed by atoms with E-state index in [0.29, 0.717) is 16.9 Å². The second kappa shape index (κ2) is 7.38. The molecule has 2 rings (SSSR count). The first-order valence-electron chi connectivity index (χ1n) is 7.41. The molecule has 2 aromatic rings. The summed E-state index contributed by atoms with van der Waals surface area (Å²) in [4.78, 5) is 0. The van der Waals surface area contributed by atoms with Gasteiger partial charge in [0, 0.05) is 0 Å². The molecule has 0 spiro atoms. The summed E-state index contributed by atoms with van der Waals surface area (Å²) in [5.74, 6) is 7.70. The zero-order valence-corrected chi connectivity index (χ0v) is 14.6. The Hall–Kier alpha value is -2.20. The molecule has 0 bridgehead atoms. The van der Waals surface area contributed by atoms with Gasteiger partial charge in [-0.3, -0.25) is 0 Å². The van der Waals surface area contributed by atoms with Gasteiger partial charge in [0.1, 0.15) is 12.4 Å². The van der Waals surface area contributed by atoms with E-state index in [1.54, 1.807) is 6.92 Å². The number of nitrogen functional groups attached to an aromatic ring is 1. The first-order chi connectivity index (χ1) is 10.9. The number of hydrogen-bond acceptors (Lipinski definition) is 6. The molecule has 1 aromatic carbocycles. The minimum absolute atomic E-state index is 0.230. The number of aryl methyl sites for hydroxylation is 1. The van der Waals surface area contributed by atoms with Gasteiger partial charge >= 0.3 is 0 Å². The summed E-state index contributed by atoms with van der Waals surface area (Å²) >= 11 is 1.27. The number of ether oxygens (including phenoxy) is 1. The standard InChI is InChI=1S/C16H21N5OS/c1-10(2)13-6-5-11(3)7-14(13)22-9-15-19-20-16(21(15)18)23-12(4)8-17/h5-7,10,12H,9,18H2,1-4H3/t12-/m0/s1. The van der Waals surface area contributed by atoms with Crippen LogP contribution in [0.4, 0.5) is 0 Å². The van der Waals surface area contributed by atoms with Crippen LogP contribution in [0.25, 0.3) is 0 Å². The van der Waals surface area contributed by atoms with Crippen LogP contribution in [-0.4, -0.2) is 20.1 Å². The first-order valence-corrected chi connectivity index (χ1v) is 8.29. The molecule has 0 radical (unpaired) electrons. The fourth-order valence-electron chi connectivity index (χ4n) is 2.06. The summed E-state index contributed by atoms with van der Waals surface area (Å²) < 4.78 is 7.29. The van der Waals surface area contributed by atoms with Crippen LogP contribution in [-0.2, 0) is 6.61 Å². The van der Waals surface area contributed by atoms with E-state index in [1.165, 1.54) is 16.4 Å². The summed E-state index contributed by atoms with van der Waals surface area (Å²) in [5, 5.41) is 17.2. The highest BCUT2D eigenvalue weighted by Crippen LogP contribution is 2.28. The topological polar surface area (TPSA) is 89.8 Å². The Kier molecular flexibility index (Phi) is 5.50. The number of rotatable bonds is 6. The predicted octanol–water partition coefficient (Wildman–Crippen LogP) is 3.01. The molecule has 1 aromatic heterocycles. The van der Waals surface area contributed by atoms with Gasteiger partial charge in [0.05, 0.1) is 11.3 Å². The highest BCUT2D eigenvalue weighted by atomic mass is 32.2. The maximum absolute atomic E-state index is 8.86. The molecule has 0 unspecified atom stereocenters. The fourth-order valence-corrected chi connectivity index (χ4v) is 2.73. The predicted molar refractivity (Wildman–Crippen MR) is 90.7 cm³/mol. The molecule has 1 atom stereocenters. The Morgan fingerprint density at radius 3 is 2.74 bits per heavy atom. The smallest absolute Gasteiger partial charge is 0.211 e. The van der Waals surface area contributed by atoms with Crippen LogP contribution in [0.1, 0.15) is 43.6 Å². The van der Waals surface area contributed by atoms with E-state index >= 15 is 0 Å². The summed E-state index contributed by atoms with van der Waals surface area (Å²) in [7, 11) is 0. The average Bonchev–Trinajstić information content (AvgIpc) is 2.85. The highest BCUT2D eigenvalue weighted by Gasteiger charge is 2.15. The monoisotopic (exact) mass is 331 g/mol. The summed E-state index contributed by atoms with van der Waals surface area (Å²) in [5.41, 5.74) is 2.28. The van der Waals surface area contributed by atoms with Crippen LogP contribution in [0.5, 0.6) is 5.75 Å². The van der Waals surface area contributed by atoms with Crippen molar-refractivity contribution in [2.45, 2.75) is 50.6 Å². The normalized spacial score (nSPS) is 12.2. The van der Waals surface area contributed by atoms with Crippen LogP contribution in [0.2, 0.25) is 0 Å². The van der Waals surface area contributed by atoms with E-state index in [1.807, 2.05) is 13.0 Å². The zero-order valence-electron chi connectivity index (χ0n) is 13.8. The molecule has 0 fully saturated rings. The third-order valence-electron chi connectivity index (χ3n) is 3.35. The summed E-state index contributed by atoms with van der Waals surface area (Å²) in [6.07, 6.45) is 0. The third kappa shape index (κ3) is 4.17. The minimum atomic E-state index is -0.236. The van der Waals surface area contributed by atoms with Gasteiger partial charge in [0.2, 0.25) is 5.16 Å². The summed E-state index contributed by atoms with van der Waals surface area (Å²) in [6, 6.07) is 8.30. The molecule has 0 aliphatic heterocycles. The molecule has 0 saturated heterocycles. The number of thioether (sulfide) groups is 1. The van der Waals surface area contributed by atoms with Gasteiger partial charge in [0.25, 0.3) is 0 Å². The number of nitrogens with zero attached hydrogens (tertiary/aromatic N) is 4. The SMILES string of the molecule is Cc1ccc(C(C)C)c(OCc2nnc(S[C@@H](C)C#N)n2N)c1. The van der Waals surface area contributed by atoms with Gasteiger partial charge in [0.15, 0.2) is 5.82 Å². The molecule has 122 valence electrons. The number of benzene rings is 1. The lowest BCUT2D eigenvalue weighted by Crippen LogP contribution is -2.16. The van der Waals surface area contributed by atoms with Crippen LogP contribution in [0.3, 0.4) is 0 Å². The van der Waals surface area contributed by atoms with E-state index < -0.39 is 0 Å². The molecule has 0 amide bonds. The Morgan fingerprint density at radius 1 is 1.35 bits per heavy atom. The maximum Gasteiger partial charge on any atom is 0.211 e. The molecule has 0 aliphatic rings. The largest absolute Gasteiger partial charge is 0.485 e. The zero-order chi connectivity index (χ0) is 17.0. The van der Waals surface area contributed by atoms with Crippen molar-refractivity contribution >= 4 is 11.8 Å². The Bertz CT molecular complexity index is 720. The van der Waals surface area contributed by atoms with Gasteiger partial charge in [-0.2, -0.15) is 5.26 Å². The number of nitrogens with two attached hydrogens (primary N) is 1. The molecule has 0 saturated carbocycles. The Labute approximate surface area is 140 Å². The van der Waals surface area contributed by atoms with E-state index in [9.17, 15) is 0 Å². The van der Waals surface area contributed by atoms with Crippen LogP contribution < -0.4 is 10.6 Å². The van der Waals surface area contributed by atoms with Crippen molar-refractivity contribution in [1.29, 1.82) is 5.26 Å². The van der Waals surface area contributed by atoms with Gasteiger partial charge in [-0.1, -0.05) is 37.7 Å². The molecule has 6 nitrogen and oxygen atoms in total. The number of aromatic nitrogens is 3. The molecule has 7 heteroatoms. The molecule has 2 N–H and O–H groups in total. The third-order valence-corrected chi connectivity index (χ3v) is 4.30. The van der Waals surface area contributed by atoms with Crippen molar-refractivity contribution in [3.8, 4) is 11.8 Å². The Morgan fingerprint density at radius 2 is 2.09 bits per heavy atom. The van der Waals surface area contributed by atoms with Crippen LogP contribution in [0.15, 0.2) is 23.4 Å². The Balaban J connectivity index is 2.13. The van der Waals surface area contributed by atoms with Gasteiger partial charge in [-0.05, 0) is 37.0 Å². The van der Waals surface area contributed by atoms with Crippen molar-refractivity contribution in [2.24, 2.45) is 0 Å². The van der Waals surface area contributed by atoms with Gasteiger partial charge in [-0.25, -0.2) is 4.68 Å². The van der Waals surface area contributed by atoms with E-state index in [4.69, 9.17) is 15.8 Å². The van der Waals surface area contributed by atoms with Crippen molar-refractivity contribution in [1.82, 2.24) is 14.9 Å². The second-order valence-electron chi connectivity index (χ2n) is 5.64.